The fraction of sp³-hybridized carbons (Fsp3) is 0.538. The molecule has 0 heterocycles. The molecule has 0 radical (unpaired) electrons. The summed E-state index contributed by atoms with van der Waals surface area (Å²) in [6.07, 6.45) is 4.32. The molecule has 0 bridgehead atoms. The summed E-state index contributed by atoms with van der Waals surface area (Å²) in [5, 5.41) is 0. The van der Waals surface area contributed by atoms with Gasteiger partial charge in [0.25, 0.3) is 0 Å². The van der Waals surface area contributed by atoms with Crippen molar-refractivity contribution >= 4 is 11.4 Å². The Hall–Kier alpha value is -1.59. The van der Waals surface area contributed by atoms with Gasteiger partial charge in [-0.2, -0.15) is 8.78 Å². The molecule has 0 aliphatic heterocycles. The van der Waals surface area contributed by atoms with E-state index < -0.39 is 18.2 Å². The molecule has 0 atom stereocenters. The average molecular weight is 274 g/mol. The first-order valence-electron chi connectivity index (χ1n) is 6.25. The summed E-state index contributed by atoms with van der Waals surface area (Å²) in [5.41, 5.74) is 6.53. The van der Waals surface area contributed by atoms with Crippen LogP contribution >= 0.6 is 0 Å². The van der Waals surface area contributed by atoms with E-state index in [4.69, 9.17) is 5.73 Å². The lowest BCUT2D eigenvalue weighted by Gasteiger charge is -2.28. The van der Waals surface area contributed by atoms with E-state index in [2.05, 4.69) is 4.74 Å². The van der Waals surface area contributed by atoms with Crippen molar-refractivity contribution in [1.82, 2.24) is 0 Å². The van der Waals surface area contributed by atoms with Crippen molar-refractivity contribution in [2.45, 2.75) is 38.3 Å². The maximum Gasteiger partial charge on any atom is 0.387 e. The second-order valence-electron chi connectivity index (χ2n) is 4.77. The number of halogens is 3. The van der Waals surface area contributed by atoms with Gasteiger partial charge >= 0.3 is 6.61 Å². The normalized spacial score (nSPS) is 16.1. The standard InChI is InChI=1S/C13H17F3N2O/c1-18(8-4-2-3-5-8)11-7-12(19-13(15)16)9(14)6-10(11)17/h6-8,13H,2-5,17H2,1H3. The Balaban J connectivity index is 2.28. The predicted octanol–water partition coefficient (Wildman–Crippen LogP) is 3.39. The minimum absolute atomic E-state index is 0.230. The lowest BCUT2D eigenvalue weighted by molar-refractivity contribution is -0.0521. The van der Waals surface area contributed by atoms with E-state index in [0.717, 1.165) is 31.7 Å². The van der Waals surface area contributed by atoms with Crippen molar-refractivity contribution in [3.8, 4) is 5.75 Å². The first kappa shape index (κ1) is 13.8. The molecule has 2 rings (SSSR count). The minimum atomic E-state index is -3.05. The summed E-state index contributed by atoms with van der Waals surface area (Å²) < 4.78 is 42.0. The number of nitrogens with two attached hydrogens (primary N) is 1. The predicted molar refractivity (Wildman–Crippen MR) is 68.1 cm³/mol. The molecule has 1 aliphatic rings. The van der Waals surface area contributed by atoms with Gasteiger partial charge in [0, 0.05) is 25.2 Å². The van der Waals surface area contributed by atoms with Crippen LogP contribution in [0.3, 0.4) is 0 Å². The first-order chi connectivity index (χ1) is 8.99. The topological polar surface area (TPSA) is 38.5 Å². The first-order valence-corrected chi connectivity index (χ1v) is 6.25. The molecule has 106 valence electrons. The van der Waals surface area contributed by atoms with Gasteiger partial charge in [-0.3, -0.25) is 0 Å². The number of hydrogen-bond donors (Lipinski definition) is 1. The molecule has 3 nitrogen and oxygen atoms in total. The van der Waals surface area contributed by atoms with Crippen molar-refractivity contribution in [3.05, 3.63) is 17.9 Å². The lowest BCUT2D eigenvalue weighted by Crippen LogP contribution is -2.29. The van der Waals surface area contributed by atoms with Crippen LogP contribution in [-0.4, -0.2) is 19.7 Å². The van der Waals surface area contributed by atoms with Gasteiger partial charge in [0.05, 0.1) is 11.4 Å². The highest BCUT2D eigenvalue weighted by atomic mass is 19.3. The molecule has 1 aromatic rings. The third-order valence-electron chi connectivity index (χ3n) is 3.55. The van der Waals surface area contributed by atoms with Gasteiger partial charge in [-0.15, -0.1) is 0 Å². The van der Waals surface area contributed by atoms with E-state index >= 15 is 0 Å². The van der Waals surface area contributed by atoms with Crippen LogP contribution in [0.4, 0.5) is 24.5 Å². The largest absolute Gasteiger partial charge is 0.432 e. The summed E-state index contributed by atoms with van der Waals surface area (Å²) in [5.74, 6) is -1.34. The number of nitrogen functional groups attached to an aromatic ring is 1. The van der Waals surface area contributed by atoms with Gasteiger partial charge in [0.2, 0.25) is 0 Å². The van der Waals surface area contributed by atoms with Crippen LogP contribution in [0.5, 0.6) is 5.75 Å². The Kier molecular flexibility index (Phi) is 4.07. The molecule has 1 aromatic carbocycles. The fourth-order valence-electron chi connectivity index (χ4n) is 2.54. The highest BCUT2D eigenvalue weighted by molar-refractivity contribution is 5.70. The zero-order valence-corrected chi connectivity index (χ0v) is 10.7. The molecule has 1 aliphatic carbocycles. The third-order valence-corrected chi connectivity index (χ3v) is 3.55. The van der Waals surface area contributed by atoms with E-state index in [-0.39, 0.29) is 5.69 Å². The van der Waals surface area contributed by atoms with Gasteiger partial charge in [-0.1, -0.05) is 12.8 Å². The van der Waals surface area contributed by atoms with Crippen LogP contribution in [0.2, 0.25) is 0 Å². The van der Waals surface area contributed by atoms with Crippen molar-refractivity contribution in [2.75, 3.05) is 17.7 Å². The van der Waals surface area contributed by atoms with E-state index in [1.807, 2.05) is 11.9 Å². The van der Waals surface area contributed by atoms with E-state index in [1.54, 1.807) is 0 Å². The van der Waals surface area contributed by atoms with Crippen LogP contribution in [0.1, 0.15) is 25.7 Å². The third kappa shape index (κ3) is 3.05. The summed E-state index contributed by atoms with van der Waals surface area (Å²) in [7, 11) is 1.84. The monoisotopic (exact) mass is 274 g/mol. The van der Waals surface area contributed by atoms with E-state index in [1.165, 1.54) is 6.07 Å². The summed E-state index contributed by atoms with van der Waals surface area (Å²) in [6, 6.07) is 2.58. The second kappa shape index (κ2) is 5.59. The quantitative estimate of drug-likeness (QED) is 0.855. The molecule has 6 heteroatoms. The van der Waals surface area contributed by atoms with Gasteiger partial charge in [-0.05, 0) is 12.8 Å². The fourth-order valence-corrected chi connectivity index (χ4v) is 2.54. The van der Waals surface area contributed by atoms with Gasteiger partial charge in [0.15, 0.2) is 11.6 Å². The molecule has 0 amide bonds. The smallest absolute Gasteiger partial charge is 0.387 e. The zero-order chi connectivity index (χ0) is 14.0. The molecule has 0 spiro atoms. The minimum Gasteiger partial charge on any atom is -0.432 e. The second-order valence-corrected chi connectivity index (χ2v) is 4.77. The van der Waals surface area contributed by atoms with Crippen molar-refractivity contribution < 1.29 is 17.9 Å². The van der Waals surface area contributed by atoms with Gasteiger partial charge in [-0.25, -0.2) is 4.39 Å². The number of ether oxygens (including phenoxy) is 1. The molecule has 0 aromatic heterocycles. The molecular weight excluding hydrogens is 257 g/mol. The van der Waals surface area contributed by atoms with Crippen molar-refractivity contribution in [3.63, 3.8) is 0 Å². The Bertz CT molecular complexity index is 448. The summed E-state index contributed by atoms with van der Waals surface area (Å²) in [4.78, 5) is 1.92. The SMILES string of the molecule is CN(c1cc(OC(F)F)c(F)cc1N)C1CCCC1. The molecule has 19 heavy (non-hydrogen) atoms. The zero-order valence-electron chi connectivity index (χ0n) is 10.7. The lowest BCUT2D eigenvalue weighted by atomic mass is 10.1. The van der Waals surface area contributed by atoms with Crippen LogP contribution in [-0.2, 0) is 0 Å². The number of nitrogens with zero attached hydrogens (tertiary/aromatic N) is 1. The number of benzene rings is 1. The van der Waals surface area contributed by atoms with Crippen LogP contribution in [0, 0.1) is 5.82 Å². The Morgan fingerprint density at radius 1 is 1.32 bits per heavy atom. The van der Waals surface area contributed by atoms with Crippen LogP contribution in [0.15, 0.2) is 12.1 Å². The van der Waals surface area contributed by atoms with E-state index in [0.29, 0.717) is 11.7 Å². The summed E-state index contributed by atoms with van der Waals surface area (Å²) >= 11 is 0. The average Bonchev–Trinajstić information content (AvgIpc) is 2.85. The summed E-state index contributed by atoms with van der Waals surface area (Å²) in [6.45, 7) is -3.05. The maximum atomic E-state index is 13.5. The Labute approximate surface area is 110 Å². The van der Waals surface area contributed by atoms with Crippen LogP contribution < -0.4 is 15.4 Å². The molecular formula is C13H17F3N2O. The molecule has 1 fully saturated rings. The molecule has 0 unspecified atom stereocenters. The highest BCUT2D eigenvalue weighted by Gasteiger charge is 2.23. The number of alkyl halides is 2. The molecule has 0 saturated heterocycles. The number of anilines is 2. The van der Waals surface area contributed by atoms with Crippen molar-refractivity contribution in [2.24, 2.45) is 0 Å². The number of rotatable bonds is 4. The maximum absolute atomic E-state index is 13.5. The molecule has 1 saturated carbocycles. The number of hydrogen-bond acceptors (Lipinski definition) is 3. The Morgan fingerprint density at radius 2 is 1.95 bits per heavy atom. The highest BCUT2D eigenvalue weighted by Crippen LogP contribution is 2.35. The van der Waals surface area contributed by atoms with Gasteiger partial charge < -0.3 is 15.4 Å². The van der Waals surface area contributed by atoms with E-state index in [9.17, 15) is 13.2 Å². The van der Waals surface area contributed by atoms with Gasteiger partial charge in [0.1, 0.15) is 0 Å². The van der Waals surface area contributed by atoms with Crippen molar-refractivity contribution in [1.29, 1.82) is 0 Å². The molecule has 2 N–H and O–H groups in total. The Morgan fingerprint density at radius 3 is 2.53 bits per heavy atom. The van der Waals surface area contributed by atoms with Crippen LogP contribution in [0.25, 0.3) is 0 Å².